The summed E-state index contributed by atoms with van der Waals surface area (Å²) in [7, 11) is 0. The van der Waals surface area contributed by atoms with Crippen LogP contribution < -0.4 is 5.73 Å². The number of hydrogen-bond donors (Lipinski definition) is 2. The van der Waals surface area contributed by atoms with Gasteiger partial charge in [0.2, 0.25) is 0 Å². The van der Waals surface area contributed by atoms with E-state index in [1.165, 1.54) is 64.2 Å². The SMILES string of the molecule is CCCCCCCCCCCCC[C](=O)[Na].NCC(=O)O. The quantitative estimate of drug-likeness (QED) is 0.403. The zero-order chi connectivity index (χ0) is 16.3. The summed E-state index contributed by atoms with van der Waals surface area (Å²) in [5.74, 6) is -0.968. The molecule has 0 fully saturated rings. The van der Waals surface area contributed by atoms with Gasteiger partial charge in [-0.3, -0.25) is 4.79 Å². The van der Waals surface area contributed by atoms with Crippen molar-refractivity contribution in [2.24, 2.45) is 5.73 Å². The molecular weight excluding hydrogens is 277 g/mol. The van der Waals surface area contributed by atoms with Gasteiger partial charge in [-0.15, -0.1) is 0 Å². The van der Waals surface area contributed by atoms with Crippen molar-refractivity contribution >= 4 is 36.9 Å². The number of hydrogen-bond acceptors (Lipinski definition) is 3. The van der Waals surface area contributed by atoms with Crippen molar-refractivity contribution in [3.8, 4) is 0 Å². The van der Waals surface area contributed by atoms with Crippen LogP contribution in [0.4, 0.5) is 0 Å². The van der Waals surface area contributed by atoms with E-state index in [2.05, 4.69) is 12.7 Å². The van der Waals surface area contributed by atoms with Crippen LogP contribution in [0.2, 0.25) is 0 Å². The molecule has 0 aromatic heterocycles. The van der Waals surface area contributed by atoms with Gasteiger partial charge in [-0.25, -0.2) is 0 Å². The number of nitrogens with two attached hydrogens (primary N) is 1. The first-order chi connectivity index (χ1) is 10.0. The van der Waals surface area contributed by atoms with E-state index in [0.29, 0.717) is 3.03 Å². The van der Waals surface area contributed by atoms with E-state index in [-0.39, 0.29) is 6.54 Å². The third-order valence-electron chi connectivity index (χ3n) is 3.31. The third kappa shape index (κ3) is 28.9. The molecule has 0 radical (unpaired) electrons. The Hall–Kier alpha value is 0.1000. The topological polar surface area (TPSA) is 80.4 Å². The summed E-state index contributed by atoms with van der Waals surface area (Å²) in [4.78, 5) is 20.0. The Bertz CT molecular complexity index is 248. The molecule has 0 amide bonds. The molecule has 0 rings (SSSR count). The Morgan fingerprint density at radius 3 is 1.48 bits per heavy atom. The van der Waals surface area contributed by atoms with E-state index in [4.69, 9.17) is 5.11 Å². The van der Waals surface area contributed by atoms with E-state index in [1.807, 2.05) is 0 Å². The van der Waals surface area contributed by atoms with Crippen molar-refractivity contribution < 1.29 is 14.7 Å². The minimum atomic E-state index is -0.968. The number of carboxylic acids is 1. The average molecular weight is 309 g/mol. The summed E-state index contributed by atoms with van der Waals surface area (Å²) in [5.41, 5.74) is 4.57. The molecule has 0 aliphatic heterocycles. The predicted octanol–water partition coefficient (Wildman–Crippen LogP) is 3.41. The molecule has 0 atom stereocenters. The van der Waals surface area contributed by atoms with Crippen LogP contribution in [0.5, 0.6) is 0 Å². The normalized spacial score (nSPS) is 9.90. The van der Waals surface area contributed by atoms with Gasteiger partial charge in [-0.05, 0) is 0 Å². The van der Waals surface area contributed by atoms with E-state index in [1.54, 1.807) is 0 Å². The fourth-order valence-corrected chi connectivity index (χ4v) is 2.39. The molecule has 120 valence electrons. The van der Waals surface area contributed by atoms with E-state index >= 15 is 0 Å². The molecule has 0 unspecified atom stereocenters. The summed E-state index contributed by atoms with van der Waals surface area (Å²) in [6.45, 7) is 1.99. The molecule has 0 aromatic carbocycles. The molecule has 0 saturated heterocycles. The Morgan fingerprint density at radius 2 is 1.19 bits per heavy atom. The maximum absolute atomic E-state index is 10.8. The number of carboxylic acid groups (broad SMARTS) is 1. The average Bonchev–Trinajstić information content (AvgIpc) is 2.45. The van der Waals surface area contributed by atoms with E-state index in [0.717, 1.165) is 40.8 Å². The molecule has 3 N–H and O–H groups in total. The Kier molecular flexibility index (Phi) is 22.4. The molecule has 0 aromatic rings. The second-order valence-corrected chi connectivity index (χ2v) is 6.70. The van der Waals surface area contributed by atoms with Crippen LogP contribution in [0, 0.1) is 0 Å². The third-order valence-corrected chi connectivity index (χ3v) is 3.81. The van der Waals surface area contributed by atoms with Gasteiger partial charge >= 0.3 is 112 Å². The minimum absolute atomic E-state index is 0.278. The van der Waals surface area contributed by atoms with Crippen molar-refractivity contribution in [1.29, 1.82) is 0 Å². The summed E-state index contributed by atoms with van der Waals surface area (Å²) in [6, 6.07) is 0. The first-order valence-corrected chi connectivity index (χ1v) is 9.45. The van der Waals surface area contributed by atoms with Gasteiger partial charge in [-0.1, -0.05) is 13.3 Å². The molecule has 0 aliphatic carbocycles. The van der Waals surface area contributed by atoms with Crippen molar-refractivity contribution in [3.05, 3.63) is 0 Å². The van der Waals surface area contributed by atoms with Crippen LogP contribution in [0.25, 0.3) is 0 Å². The zero-order valence-electron chi connectivity index (χ0n) is 14.0. The Labute approximate surface area is 147 Å². The number of carbonyl (C=O) groups excluding carboxylic acids is 1. The molecule has 21 heavy (non-hydrogen) atoms. The molecule has 0 saturated carbocycles. The predicted molar refractivity (Wildman–Crippen MR) is 88.5 cm³/mol. The summed E-state index contributed by atoms with van der Waals surface area (Å²) >= 11 is 0.751. The maximum atomic E-state index is 10.8. The number of rotatable bonds is 13. The fourth-order valence-electron chi connectivity index (χ4n) is 2.04. The molecule has 0 heterocycles. The van der Waals surface area contributed by atoms with Crippen LogP contribution in [0.1, 0.15) is 84.0 Å². The molecular formula is C16H32NNaO3. The smallest absolute Gasteiger partial charge is 0.317 e. The molecule has 5 heteroatoms. The number of unbranched alkanes of at least 4 members (excludes halogenated alkanes) is 10. The summed E-state index contributed by atoms with van der Waals surface area (Å²) in [5, 5.41) is 7.60. The first-order valence-electron chi connectivity index (χ1n) is 8.45. The number of carbonyl (C=O) groups is 2. The minimum Gasteiger partial charge on any atom is -0.480 e. The largest absolute Gasteiger partial charge is 0.480 e. The van der Waals surface area contributed by atoms with Crippen molar-refractivity contribution in [3.63, 3.8) is 0 Å². The monoisotopic (exact) mass is 309 g/mol. The Morgan fingerprint density at radius 1 is 0.857 bits per heavy atom. The van der Waals surface area contributed by atoms with Gasteiger partial charge in [0.05, 0.1) is 6.54 Å². The van der Waals surface area contributed by atoms with Crippen molar-refractivity contribution in [2.45, 2.75) is 84.0 Å². The Balaban J connectivity index is 0. The number of aliphatic carboxylic acids is 1. The first kappa shape index (κ1) is 23.4. The zero-order valence-corrected chi connectivity index (χ0v) is 16.0. The molecule has 0 bridgehead atoms. The summed E-state index contributed by atoms with van der Waals surface area (Å²) < 4.78 is 0.482. The standard InChI is InChI=1S/C14H27O.C2H5NO2.Na/c1-2-3-4-5-6-7-8-9-10-11-12-13-14-15;3-1-2(4)5;/h2-13H2,1H3;1,3H2,(H,4,5);. The van der Waals surface area contributed by atoms with E-state index in [9.17, 15) is 9.59 Å². The van der Waals surface area contributed by atoms with Crippen LogP contribution in [0.3, 0.4) is 0 Å². The van der Waals surface area contributed by atoms with Gasteiger partial charge in [0.25, 0.3) is 0 Å². The summed E-state index contributed by atoms with van der Waals surface area (Å²) in [6.07, 6.45) is 15.8. The molecule has 0 spiro atoms. The van der Waals surface area contributed by atoms with Crippen LogP contribution in [-0.4, -0.2) is 48.6 Å². The van der Waals surface area contributed by atoms with Gasteiger partial charge in [0, 0.05) is 0 Å². The van der Waals surface area contributed by atoms with Crippen molar-refractivity contribution in [1.82, 2.24) is 0 Å². The van der Waals surface area contributed by atoms with Crippen LogP contribution in [0.15, 0.2) is 0 Å². The maximum Gasteiger partial charge on any atom is 0.317 e. The van der Waals surface area contributed by atoms with Gasteiger partial charge < -0.3 is 10.8 Å². The van der Waals surface area contributed by atoms with Crippen LogP contribution >= 0.6 is 0 Å². The van der Waals surface area contributed by atoms with E-state index < -0.39 is 5.97 Å². The van der Waals surface area contributed by atoms with Crippen LogP contribution in [-0.2, 0) is 9.59 Å². The molecule has 0 aliphatic rings. The second kappa shape index (κ2) is 20.1. The van der Waals surface area contributed by atoms with Gasteiger partial charge in [0.15, 0.2) is 0 Å². The second-order valence-electron chi connectivity index (χ2n) is 5.59. The van der Waals surface area contributed by atoms with Gasteiger partial charge in [-0.2, -0.15) is 0 Å². The molecule has 4 nitrogen and oxygen atoms in total. The van der Waals surface area contributed by atoms with Gasteiger partial charge in [0.1, 0.15) is 0 Å². The van der Waals surface area contributed by atoms with Crippen molar-refractivity contribution in [2.75, 3.05) is 6.54 Å². The fraction of sp³-hybridized carbons (Fsp3) is 0.875.